The van der Waals surface area contributed by atoms with Crippen molar-refractivity contribution in [1.29, 1.82) is 0 Å². The molecule has 1 rings (SSSR count). The van der Waals surface area contributed by atoms with E-state index in [-0.39, 0.29) is 6.10 Å². The van der Waals surface area contributed by atoms with E-state index in [1.807, 2.05) is 0 Å². The van der Waals surface area contributed by atoms with E-state index in [0.717, 1.165) is 25.9 Å². The smallest absolute Gasteiger partial charge is 0.0578 e. The minimum Gasteiger partial charge on any atom is -0.393 e. The van der Waals surface area contributed by atoms with E-state index in [1.54, 1.807) is 0 Å². The summed E-state index contributed by atoms with van der Waals surface area (Å²) in [6.45, 7) is 4.13. The van der Waals surface area contributed by atoms with Gasteiger partial charge in [0.2, 0.25) is 0 Å². The number of nitrogens with one attached hydrogen (secondary N) is 1. The van der Waals surface area contributed by atoms with Crippen LogP contribution in [0.15, 0.2) is 0 Å². The Labute approximate surface area is 56.3 Å². The first-order chi connectivity index (χ1) is 4.30. The standard InChI is InChI=1S/C7H15NO/c1-6-5-8-4-2-3-7(6)9/h6-9H,2-5H2,1H3/t6-,7+/m0/s1. The topological polar surface area (TPSA) is 32.3 Å². The van der Waals surface area contributed by atoms with Gasteiger partial charge in [-0.05, 0) is 25.3 Å². The highest BCUT2D eigenvalue weighted by Gasteiger charge is 2.15. The van der Waals surface area contributed by atoms with Gasteiger partial charge in [-0.1, -0.05) is 6.92 Å². The van der Waals surface area contributed by atoms with Crippen molar-refractivity contribution in [3.05, 3.63) is 0 Å². The summed E-state index contributed by atoms with van der Waals surface area (Å²) in [4.78, 5) is 0. The summed E-state index contributed by atoms with van der Waals surface area (Å²) in [5, 5.41) is 12.6. The van der Waals surface area contributed by atoms with Gasteiger partial charge in [0.05, 0.1) is 6.10 Å². The Morgan fingerprint density at radius 3 is 3.11 bits per heavy atom. The number of hydrogen-bond donors (Lipinski definition) is 2. The van der Waals surface area contributed by atoms with Gasteiger partial charge in [0.15, 0.2) is 0 Å². The van der Waals surface area contributed by atoms with E-state index >= 15 is 0 Å². The number of aliphatic hydroxyl groups is 1. The molecular weight excluding hydrogens is 114 g/mol. The molecule has 0 spiro atoms. The van der Waals surface area contributed by atoms with E-state index in [4.69, 9.17) is 0 Å². The second-order valence-electron chi connectivity index (χ2n) is 2.89. The lowest BCUT2D eigenvalue weighted by atomic mass is 10.0. The van der Waals surface area contributed by atoms with Crippen LogP contribution in [0.4, 0.5) is 0 Å². The van der Waals surface area contributed by atoms with Crippen LogP contribution in [0.3, 0.4) is 0 Å². The molecule has 54 valence electrons. The Morgan fingerprint density at radius 1 is 1.56 bits per heavy atom. The first-order valence-electron chi connectivity index (χ1n) is 3.69. The van der Waals surface area contributed by atoms with E-state index < -0.39 is 0 Å². The van der Waals surface area contributed by atoms with Gasteiger partial charge in [-0.2, -0.15) is 0 Å². The summed E-state index contributed by atoms with van der Waals surface area (Å²) in [6, 6.07) is 0. The Morgan fingerprint density at radius 2 is 2.33 bits per heavy atom. The lowest BCUT2D eigenvalue weighted by Gasteiger charge is -2.13. The van der Waals surface area contributed by atoms with Gasteiger partial charge in [-0.15, -0.1) is 0 Å². The predicted octanol–water partition coefficient (Wildman–Crippen LogP) is 0.367. The summed E-state index contributed by atoms with van der Waals surface area (Å²) >= 11 is 0. The van der Waals surface area contributed by atoms with Crippen LogP contribution in [0.2, 0.25) is 0 Å². The van der Waals surface area contributed by atoms with E-state index in [2.05, 4.69) is 12.2 Å². The summed E-state index contributed by atoms with van der Waals surface area (Å²) in [5.74, 6) is 0.437. The fourth-order valence-electron chi connectivity index (χ4n) is 1.19. The zero-order valence-electron chi connectivity index (χ0n) is 5.93. The average Bonchev–Trinajstić information content (AvgIpc) is 1.99. The van der Waals surface area contributed by atoms with Crippen LogP contribution in [0.5, 0.6) is 0 Å². The summed E-state index contributed by atoms with van der Waals surface area (Å²) in [7, 11) is 0. The van der Waals surface area contributed by atoms with E-state index in [1.165, 1.54) is 0 Å². The molecule has 0 saturated carbocycles. The molecule has 2 atom stereocenters. The fraction of sp³-hybridized carbons (Fsp3) is 1.00. The molecule has 9 heavy (non-hydrogen) atoms. The zero-order chi connectivity index (χ0) is 6.69. The van der Waals surface area contributed by atoms with Crippen LogP contribution in [0.1, 0.15) is 19.8 Å². The van der Waals surface area contributed by atoms with Crippen LogP contribution in [0.25, 0.3) is 0 Å². The van der Waals surface area contributed by atoms with Crippen LogP contribution >= 0.6 is 0 Å². The molecule has 1 heterocycles. The van der Waals surface area contributed by atoms with Crippen molar-refractivity contribution in [2.75, 3.05) is 13.1 Å². The first kappa shape index (κ1) is 7.03. The summed E-state index contributed by atoms with van der Waals surface area (Å²) in [6.07, 6.45) is 2.01. The van der Waals surface area contributed by atoms with Crippen molar-refractivity contribution in [2.45, 2.75) is 25.9 Å². The van der Waals surface area contributed by atoms with Crippen molar-refractivity contribution in [1.82, 2.24) is 5.32 Å². The van der Waals surface area contributed by atoms with Crippen molar-refractivity contribution >= 4 is 0 Å². The largest absolute Gasteiger partial charge is 0.393 e. The molecule has 1 aliphatic heterocycles. The molecule has 0 bridgehead atoms. The third-order valence-corrected chi connectivity index (χ3v) is 1.98. The van der Waals surface area contributed by atoms with Gasteiger partial charge >= 0.3 is 0 Å². The lowest BCUT2D eigenvalue weighted by Crippen LogP contribution is -2.24. The van der Waals surface area contributed by atoms with E-state index in [9.17, 15) is 5.11 Å². The molecular formula is C7H15NO. The van der Waals surface area contributed by atoms with Crippen LogP contribution in [0, 0.1) is 5.92 Å². The van der Waals surface area contributed by atoms with Crippen molar-refractivity contribution in [3.8, 4) is 0 Å². The molecule has 0 radical (unpaired) electrons. The second-order valence-corrected chi connectivity index (χ2v) is 2.89. The highest BCUT2D eigenvalue weighted by Crippen LogP contribution is 2.10. The predicted molar refractivity (Wildman–Crippen MR) is 37.3 cm³/mol. The molecule has 0 aromatic heterocycles. The lowest BCUT2D eigenvalue weighted by molar-refractivity contribution is 0.115. The fourth-order valence-corrected chi connectivity index (χ4v) is 1.19. The van der Waals surface area contributed by atoms with Crippen molar-refractivity contribution in [2.24, 2.45) is 5.92 Å². The highest BCUT2D eigenvalue weighted by molar-refractivity contribution is 4.70. The Hall–Kier alpha value is -0.0800. The summed E-state index contributed by atoms with van der Waals surface area (Å²) < 4.78 is 0. The molecule has 1 aliphatic rings. The maximum absolute atomic E-state index is 9.32. The maximum Gasteiger partial charge on any atom is 0.0578 e. The van der Waals surface area contributed by atoms with Gasteiger partial charge in [-0.3, -0.25) is 0 Å². The molecule has 1 saturated heterocycles. The molecule has 2 heteroatoms. The van der Waals surface area contributed by atoms with Crippen LogP contribution < -0.4 is 5.32 Å². The molecule has 2 nitrogen and oxygen atoms in total. The number of hydrogen-bond acceptors (Lipinski definition) is 2. The van der Waals surface area contributed by atoms with Gasteiger partial charge < -0.3 is 10.4 Å². The highest BCUT2D eigenvalue weighted by atomic mass is 16.3. The number of aliphatic hydroxyl groups excluding tert-OH is 1. The Balaban J connectivity index is 2.32. The third-order valence-electron chi connectivity index (χ3n) is 1.98. The van der Waals surface area contributed by atoms with Crippen LogP contribution in [-0.2, 0) is 0 Å². The van der Waals surface area contributed by atoms with Crippen LogP contribution in [-0.4, -0.2) is 24.3 Å². The molecule has 1 fully saturated rings. The molecule has 0 aliphatic carbocycles. The normalized spacial score (nSPS) is 38.0. The molecule has 0 aromatic carbocycles. The molecule has 0 unspecified atom stereocenters. The third kappa shape index (κ3) is 1.95. The number of rotatable bonds is 0. The Bertz CT molecular complexity index is 75.0. The second kappa shape index (κ2) is 3.18. The molecule has 0 amide bonds. The first-order valence-corrected chi connectivity index (χ1v) is 3.69. The zero-order valence-corrected chi connectivity index (χ0v) is 5.93. The maximum atomic E-state index is 9.32. The molecule has 2 N–H and O–H groups in total. The van der Waals surface area contributed by atoms with E-state index in [0.29, 0.717) is 5.92 Å². The summed E-state index contributed by atoms with van der Waals surface area (Å²) in [5.41, 5.74) is 0. The van der Waals surface area contributed by atoms with Gasteiger partial charge in [-0.25, -0.2) is 0 Å². The monoisotopic (exact) mass is 129 g/mol. The minimum atomic E-state index is -0.0694. The quantitative estimate of drug-likeness (QED) is 0.495. The van der Waals surface area contributed by atoms with Gasteiger partial charge in [0.1, 0.15) is 0 Å². The van der Waals surface area contributed by atoms with Gasteiger partial charge in [0.25, 0.3) is 0 Å². The van der Waals surface area contributed by atoms with Gasteiger partial charge in [0, 0.05) is 6.54 Å². The average molecular weight is 129 g/mol. The minimum absolute atomic E-state index is 0.0694. The van der Waals surface area contributed by atoms with Crippen molar-refractivity contribution < 1.29 is 5.11 Å². The SMILES string of the molecule is C[C@H]1CNCCC[C@H]1O. The Kier molecular flexibility index (Phi) is 2.49. The van der Waals surface area contributed by atoms with Crippen molar-refractivity contribution in [3.63, 3.8) is 0 Å². The molecule has 0 aromatic rings.